The van der Waals surface area contributed by atoms with E-state index in [0.717, 1.165) is 16.7 Å². The molecule has 0 aliphatic rings. The molecule has 0 spiro atoms. The number of carbonyl (C=O) groups excluding carboxylic acids is 1. The number of nitrogens with one attached hydrogen (secondary N) is 1. The summed E-state index contributed by atoms with van der Waals surface area (Å²) in [6.45, 7) is 1.95. The Labute approximate surface area is 145 Å². The summed E-state index contributed by atoms with van der Waals surface area (Å²) in [5.41, 5.74) is 3.78. The van der Waals surface area contributed by atoms with Gasteiger partial charge in [0.15, 0.2) is 0 Å². The Balaban J connectivity index is 1.95. The average Bonchev–Trinajstić information content (AvgIpc) is 2.62. The number of carboxylic acid groups (broad SMARTS) is 1. The monoisotopic (exact) mass is 331 g/mol. The summed E-state index contributed by atoms with van der Waals surface area (Å²) in [4.78, 5) is 23.8. The molecule has 1 amide bonds. The minimum Gasteiger partial charge on any atom is -0.478 e. The van der Waals surface area contributed by atoms with Crippen molar-refractivity contribution in [3.8, 4) is 11.1 Å². The van der Waals surface area contributed by atoms with Crippen LogP contribution in [0.2, 0.25) is 0 Å². The van der Waals surface area contributed by atoms with Crippen molar-refractivity contribution in [2.75, 3.05) is 5.32 Å². The number of anilines is 1. The Morgan fingerprint density at radius 3 is 2.12 bits per heavy atom. The SMILES string of the molecule is Cc1ccc(C(=O)Nc2cc(C(=O)O)cc(-c3ccccc3)c2)cc1. The second-order valence-corrected chi connectivity index (χ2v) is 5.79. The maximum atomic E-state index is 12.4. The van der Waals surface area contributed by atoms with Crippen LogP contribution in [-0.2, 0) is 0 Å². The lowest BCUT2D eigenvalue weighted by Gasteiger charge is -2.10. The molecule has 3 rings (SSSR count). The first-order valence-electron chi connectivity index (χ1n) is 7.85. The molecule has 0 heterocycles. The molecule has 0 atom stereocenters. The minimum atomic E-state index is -1.04. The van der Waals surface area contributed by atoms with Gasteiger partial charge in [0.2, 0.25) is 0 Å². The molecular formula is C21H17NO3. The number of carboxylic acids is 1. The van der Waals surface area contributed by atoms with Crippen molar-refractivity contribution in [2.45, 2.75) is 6.92 Å². The van der Waals surface area contributed by atoms with Crippen LogP contribution in [0.25, 0.3) is 11.1 Å². The molecule has 0 aromatic heterocycles. The highest BCUT2D eigenvalue weighted by Gasteiger charge is 2.11. The van der Waals surface area contributed by atoms with Gasteiger partial charge in [-0.1, -0.05) is 48.0 Å². The lowest BCUT2D eigenvalue weighted by atomic mass is 10.0. The van der Waals surface area contributed by atoms with E-state index in [-0.39, 0.29) is 11.5 Å². The summed E-state index contributed by atoms with van der Waals surface area (Å²) >= 11 is 0. The molecule has 2 N–H and O–H groups in total. The number of hydrogen-bond acceptors (Lipinski definition) is 2. The Morgan fingerprint density at radius 2 is 1.48 bits per heavy atom. The van der Waals surface area contributed by atoms with Crippen molar-refractivity contribution < 1.29 is 14.7 Å². The van der Waals surface area contributed by atoms with Crippen LogP contribution in [0.15, 0.2) is 72.8 Å². The maximum Gasteiger partial charge on any atom is 0.335 e. The second kappa shape index (κ2) is 7.01. The molecule has 0 saturated heterocycles. The zero-order chi connectivity index (χ0) is 17.8. The summed E-state index contributed by atoms with van der Waals surface area (Å²) in [6, 6.07) is 21.5. The molecule has 3 aromatic carbocycles. The molecule has 4 nitrogen and oxygen atoms in total. The van der Waals surface area contributed by atoms with Gasteiger partial charge in [0.25, 0.3) is 5.91 Å². The van der Waals surface area contributed by atoms with E-state index in [1.165, 1.54) is 6.07 Å². The predicted octanol–water partition coefficient (Wildman–Crippen LogP) is 4.61. The zero-order valence-corrected chi connectivity index (χ0v) is 13.7. The fraction of sp³-hybridized carbons (Fsp3) is 0.0476. The van der Waals surface area contributed by atoms with E-state index in [2.05, 4.69) is 5.32 Å². The molecule has 3 aromatic rings. The lowest BCUT2D eigenvalue weighted by molar-refractivity contribution is 0.0696. The van der Waals surface area contributed by atoms with Crippen molar-refractivity contribution in [1.82, 2.24) is 0 Å². The summed E-state index contributed by atoms with van der Waals surface area (Å²) in [7, 11) is 0. The third-order valence-electron chi connectivity index (χ3n) is 3.86. The van der Waals surface area contributed by atoms with Crippen LogP contribution in [0.1, 0.15) is 26.3 Å². The van der Waals surface area contributed by atoms with Crippen LogP contribution in [0.3, 0.4) is 0 Å². The van der Waals surface area contributed by atoms with E-state index < -0.39 is 5.97 Å². The van der Waals surface area contributed by atoms with Crippen molar-refractivity contribution >= 4 is 17.6 Å². The number of aromatic carboxylic acids is 1. The van der Waals surface area contributed by atoms with E-state index in [9.17, 15) is 14.7 Å². The third kappa shape index (κ3) is 3.93. The number of hydrogen-bond donors (Lipinski definition) is 2. The summed E-state index contributed by atoms with van der Waals surface area (Å²) in [6.07, 6.45) is 0. The molecule has 0 aliphatic carbocycles. The molecule has 0 fully saturated rings. The first-order chi connectivity index (χ1) is 12.0. The average molecular weight is 331 g/mol. The number of rotatable bonds is 4. The molecule has 0 saturated carbocycles. The lowest BCUT2D eigenvalue weighted by Crippen LogP contribution is -2.12. The molecular weight excluding hydrogens is 314 g/mol. The predicted molar refractivity (Wildman–Crippen MR) is 98.0 cm³/mol. The smallest absolute Gasteiger partial charge is 0.335 e. The van der Waals surface area contributed by atoms with Gasteiger partial charge in [-0.2, -0.15) is 0 Å². The maximum absolute atomic E-state index is 12.4. The minimum absolute atomic E-state index is 0.126. The molecule has 4 heteroatoms. The van der Waals surface area contributed by atoms with E-state index in [0.29, 0.717) is 11.3 Å². The highest BCUT2D eigenvalue weighted by molar-refractivity contribution is 6.05. The van der Waals surface area contributed by atoms with Gasteiger partial charge in [-0.3, -0.25) is 4.79 Å². The van der Waals surface area contributed by atoms with E-state index >= 15 is 0 Å². The van der Waals surface area contributed by atoms with E-state index in [1.807, 2.05) is 49.4 Å². The highest BCUT2D eigenvalue weighted by atomic mass is 16.4. The van der Waals surface area contributed by atoms with Gasteiger partial charge >= 0.3 is 5.97 Å². The quantitative estimate of drug-likeness (QED) is 0.733. The topological polar surface area (TPSA) is 66.4 Å². The summed E-state index contributed by atoms with van der Waals surface area (Å²) in [5, 5.41) is 12.1. The standard InChI is InChI=1S/C21H17NO3/c1-14-7-9-16(10-8-14)20(23)22-19-12-17(11-18(13-19)21(24)25)15-5-3-2-4-6-15/h2-13H,1H3,(H,22,23)(H,24,25). The number of aryl methyl sites for hydroxylation is 1. The van der Waals surface area contributed by atoms with E-state index in [1.54, 1.807) is 24.3 Å². The zero-order valence-electron chi connectivity index (χ0n) is 13.7. The number of carbonyl (C=O) groups is 2. The van der Waals surface area contributed by atoms with Gasteiger partial charge in [-0.15, -0.1) is 0 Å². The molecule has 124 valence electrons. The Bertz CT molecular complexity index is 916. The Kier molecular flexibility index (Phi) is 4.61. The fourth-order valence-electron chi connectivity index (χ4n) is 2.53. The molecule has 0 unspecified atom stereocenters. The molecule has 25 heavy (non-hydrogen) atoms. The van der Waals surface area contributed by atoms with Crippen LogP contribution < -0.4 is 5.32 Å². The van der Waals surface area contributed by atoms with Crippen molar-refractivity contribution in [3.05, 3.63) is 89.5 Å². The Hall–Kier alpha value is -3.40. The molecule has 0 radical (unpaired) electrons. The van der Waals surface area contributed by atoms with Gasteiger partial charge in [0.05, 0.1) is 5.56 Å². The van der Waals surface area contributed by atoms with Gasteiger partial charge in [-0.05, 0) is 48.4 Å². The number of benzene rings is 3. The number of amides is 1. The first kappa shape index (κ1) is 16.5. The van der Waals surface area contributed by atoms with Crippen molar-refractivity contribution in [2.24, 2.45) is 0 Å². The van der Waals surface area contributed by atoms with Crippen LogP contribution in [0.5, 0.6) is 0 Å². The first-order valence-corrected chi connectivity index (χ1v) is 7.85. The molecule has 0 bridgehead atoms. The normalized spacial score (nSPS) is 10.3. The highest BCUT2D eigenvalue weighted by Crippen LogP contribution is 2.25. The van der Waals surface area contributed by atoms with Crippen LogP contribution in [0, 0.1) is 6.92 Å². The summed E-state index contributed by atoms with van der Waals surface area (Å²) in [5.74, 6) is -1.31. The largest absolute Gasteiger partial charge is 0.478 e. The fourth-order valence-corrected chi connectivity index (χ4v) is 2.53. The van der Waals surface area contributed by atoms with Crippen molar-refractivity contribution in [3.63, 3.8) is 0 Å². The molecule has 0 aliphatic heterocycles. The van der Waals surface area contributed by atoms with Crippen LogP contribution >= 0.6 is 0 Å². The van der Waals surface area contributed by atoms with E-state index in [4.69, 9.17) is 0 Å². The van der Waals surface area contributed by atoms with Gasteiger partial charge < -0.3 is 10.4 Å². The Morgan fingerprint density at radius 1 is 0.800 bits per heavy atom. The summed E-state index contributed by atoms with van der Waals surface area (Å²) < 4.78 is 0. The van der Waals surface area contributed by atoms with Crippen LogP contribution in [-0.4, -0.2) is 17.0 Å². The van der Waals surface area contributed by atoms with Crippen LogP contribution in [0.4, 0.5) is 5.69 Å². The van der Waals surface area contributed by atoms with Gasteiger partial charge in [0.1, 0.15) is 0 Å². The second-order valence-electron chi connectivity index (χ2n) is 5.79. The van der Waals surface area contributed by atoms with Gasteiger partial charge in [-0.25, -0.2) is 4.79 Å². The third-order valence-corrected chi connectivity index (χ3v) is 3.86. The van der Waals surface area contributed by atoms with Crippen molar-refractivity contribution in [1.29, 1.82) is 0 Å². The van der Waals surface area contributed by atoms with Gasteiger partial charge in [0, 0.05) is 11.3 Å².